The van der Waals surface area contributed by atoms with Crippen LogP contribution in [-0.2, 0) is 9.68 Å². The molecule has 0 aliphatic carbocycles. The van der Waals surface area contributed by atoms with Gasteiger partial charge in [0.05, 0.1) is 13.3 Å². The van der Waals surface area contributed by atoms with E-state index in [0.29, 0.717) is 6.61 Å². The van der Waals surface area contributed by atoms with Crippen molar-refractivity contribution in [3.8, 4) is 0 Å². The third-order valence-electron chi connectivity index (χ3n) is 0.652. The van der Waals surface area contributed by atoms with Gasteiger partial charge in [-0.25, -0.2) is 4.84 Å². The van der Waals surface area contributed by atoms with Gasteiger partial charge in [0, 0.05) is 6.08 Å². The Morgan fingerprint density at radius 3 is 3.14 bits per heavy atom. The van der Waals surface area contributed by atoms with E-state index < -0.39 is 0 Å². The van der Waals surface area contributed by atoms with Crippen LogP contribution in [0, 0.1) is 6.08 Å². The fraction of sp³-hybridized carbons (Fsp3) is 0.500. The van der Waals surface area contributed by atoms with Gasteiger partial charge in [0.25, 0.3) is 0 Å². The number of rotatable bonds is 1. The fourth-order valence-corrected chi connectivity index (χ4v) is 0.355. The molecular weight excluding hydrogens is 94.0 g/mol. The molecule has 1 radical (unpaired) electrons. The van der Waals surface area contributed by atoms with Crippen molar-refractivity contribution in [3.63, 3.8) is 0 Å². The molecule has 0 N–H and O–H groups in total. The van der Waals surface area contributed by atoms with Gasteiger partial charge < -0.3 is 0 Å². The molecule has 3 nitrogen and oxygen atoms in total. The molecular formula is C4H6NO2. The average Bonchev–Trinajstić information content (AvgIpc) is 2.14. The van der Waals surface area contributed by atoms with E-state index in [2.05, 4.69) is 10.9 Å². The predicted molar refractivity (Wildman–Crippen MR) is 22.6 cm³/mol. The second-order valence-electron chi connectivity index (χ2n) is 1.07. The molecule has 1 aliphatic rings. The molecule has 0 saturated heterocycles. The van der Waals surface area contributed by atoms with Gasteiger partial charge in [0.2, 0.25) is 0 Å². The van der Waals surface area contributed by atoms with E-state index in [9.17, 15) is 0 Å². The Labute approximate surface area is 42.0 Å². The third-order valence-corrected chi connectivity index (χ3v) is 0.652. The Balaban J connectivity index is 2.28. The van der Waals surface area contributed by atoms with Crippen molar-refractivity contribution in [2.75, 3.05) is 13.7 Å². The molecule has 0 spiro atoms. The first-order valence-electron chi connectivity index (χ1n) is 1.96. The molecule has 3 heteroatoms. The minimum absolute atomic E-state index is 0.494. The molecule has 7 heavy (non-hydrogen) atoms. The lowest BCUT2D eigenvalue weighted by molar-refractivity contribution is -0.306. The predicted octanol–water partition coefficient (Wildman–Crippen LogP) is 0.112. The van der Waals surface area contributed by atoms with Crippen molar-refractivity contribution in [2.24, 2.45) is 0 Å². The van der Waals surface area contributed by atoms with Crippen molar-refractivity contribution < 1.29 is 9.68 Å². The summed E-state index contributed by atoms with van der Waals surface area (Å²) in [6, 6.07) is 0. The summed E-state index contributed by atoms with van der Waals surface area (Å²) < 4.78 is 0. The number of nitrogens with zero attached hydrogens (tertiary/aromatic N) is 1. The van der Waals surface area contributed by atoms with Crippen LogP contribution < -0.4 is 0 Å². The van der Waals surface area contributed by atoms with Crippen molar-refractivity contribution in [1.82, 2.24) is 5.23 Å². The van der Waals surface area contributed by atoms with Crippen LogP contribution in [0.3, 0.4) is 0 Å². The molecule has 0 aromatic carbocycles. The van der Waals surface area contributed by atoms with Crippen LogP contribution in [0.15, 0.2) is 6.20 Å². The fourth-order valence-electron chi connectivity index (χ4n) is 0.355. The Morgan fingerprint density at radius 1 is 2.00 bits per heavy atom. The maximum absolute atomic E-state index is 4.75. The van der Waals surface area contributed by atoms with E-state index in [1.165, 1.54) is 12.3 Å². The van der Waals surface area contributed by atoms with Crippen LogP contribution in [-0.4, -0.2) is 18.9 Å². The largest absolute Gasteiger partial charge is 0.252 e. The normalized spacial score (nSPS) is 18.7. The lowest BCUT2D eigenvalue weighted by Crippen LogP contribution is -2.10. The van der Waals surface area contributed by atoms with Crippen LogP contribution in [0.4, 0.5) is 0 Å². The number of hydrogen-bond acceptors (Lipinski definition) is 3. The minimum Gasteiger partial charge on any atom is -0.252 e. The van der Waals surface area contributed by atoms with Gasteiger partial charge in [0.1, 0.15) is 6.61 Å². The third kappa shape index (κ3) is 0.913. The molecule has 1 heterocycles. The molecule has 0 unspecified atom stereocenters. The van der Waals surface area contributed by atoms with E-state index in [-0.39, 0.29) is 0 Å². The van der Waals surface area contributed by atoms with Crippen LogP contribution >= 0.6 is 0 Å². The highest BCUT2D eigenvalue weighted by Gasteiger charge is 2.00. The number of hydrogen-bond donors (Lipinski definition) is 0. The second-order valence-corrected chi connectivity index (χ2v) is 1.07. The first kappa shape index (κ1) is 4.61. The zero-order valence-corrected chi connectivity index (χ0v) is 4.05. The lowest BCUT2D eigenvalue weighted by Gasteiger charge is -2.07. The summed E-state index contributed by atoms with van der Waals surface area (Å²) in [7, 11) is 1.53. The van der Waals surface area contributed by atoms with Gasteiger partial charge >= 0.3 is 0 Å². The first-order chi connectivity index (χ1) is 3.43. The van der Waals surface area contributed by atoms with Crippen LogP contribution in [0.25, 0.3) is 0 Å². The Bertz CT molecular complexity index is 81.8. The van der Waals surface area contributed by atoms with Crippen molar-refractivity contribution in [3.05, 3.63) is 12.3 Å². The van der Waals surface area contributed by atoms with Crippen LogP contribution in [0.5, 0.6) is 0 Å². The molecule has 1 aliphatic heterocycles. The summed E-state index contributed by atoms with van der Waals surface area (Å²) in [5.74, 6) is 0. The van der Waals surface area contributed by atoms with E-state index in [4.69, 9.17) is 4.84 Å². The Hall–Kier alpha value is -0.540. The summed E-state index contributed by atoms with van der Waals surface area (Å²) in [6.45, 7) is 0.494. The maximum Gasteiger partial charge on any atom is 0.105 e. The molecule has 0 saturated carbocycles. The monoisotopic (exact) mass is 100 g/mol. The van der Waals surface area contributed by atoms with E-state index >= 15 is 0 Å². The molecule has 1 rings (SSSR count). The number of hydroxylamine groups is 2. The molecule has 0 bridgehead atoms. The highest BCUT2D eigenvalue weighted by molar-refractivity contribution is 4.70. The molecule has 0 aromatic heterocycles. The van der Waals surface area contributed by atoms with Gasteiger partial charge in [-0.2, -0.15) is 0 Å². The molecule has 39 valence electrons. The maximum atomic E-state index is 4.75. The van der Waals surface area contributed by atoms with Gasteiger partial charge in [-0.3, -0.25) is 4.84 Å². The highest BCUT2D eigenvalue weighted by Crippen LogP contribution is 1.97. The van der Waals surface area contributed by atoms with Gasteiger partial charge in [0.15, 0.2) is 0 Å². The molecule has 0 aromatic rings. The van der Waals surface area contributed by atoms with Gasteiger partial charge in [-0.15, -0.1) is 5.23 Å². The minimum atomic E-state index is 0.494. The van der Waals surface area contributed by atoms with Crippen LogP contribution in [0.1, 0.15) is 0 Å². The zero-order chi connectivity index (χ0) is 5.11. The molecule has 0 fully saturated rings. The summed E-state index contributed by atoms with van der Waals surface area (Å²) >= 11 is 0. The van der Waals surface area contributed by atoms with E-state index in [0.717, 1.165) is 0 Å². The van der Waals surface area contributed by atoms with Crippen molar-refractivity contribution >= 4 is 0 Å². The average molecular weight is 100 g/mol. The smallest absolute Gasteiger partial charge is 0.105 e. The van der Waals surface area contributed by atoms with Gasteiger partial charge in [-0.05, 0) is 0 Å². The van der Waals surface area contributed by atoms with E-state index in [1.54, 1.807) is 6.20 Å². The topological polar surface area (TPSA) is 21.7 Å². The Morgan fingerprint density at radius 2 is 2.86 bits per heavy atom. The molecule has 0 amide bonds. The van der Waals surface area contributed by atoms with E-state index in [1.807, 2.05) is 0 Å². The van der Waals surface area contributed by atoms with Gasteiger partial charge in [-0.1, -0.05) is 0 Å². The van der Waals surface area contributed by atoms with Crippen molar-refractivity contribution in [2.45, 2.75) is 0 Å². The highest BCUT2D eigenvalue weighted by atomic mass is 16.9. The summed E-state index contributed by atoms with van der Waals surface area (Å²) in [6.07, 6.45) is 4.37. The quantitative estimate of drug-likeness (QED) is 0.467. The SMILES string of the molecule is CON1C=[C]CO1. The summed E-state index contributed by atoms with van der Waals surface area (Å²) in [5.41, 5.74) is 0. The standard InChI is InChI=1S/C4H6NO2/c1-6-5-3-2-4-7-5/h3H,4H2,1H3. The molecule has 0 atom stereocenters. The lowest BCUT2D eigenvalue weighted by atomic mass is 10.7. The van der Waals surface area contributed by atoms with Crippen LogP contribution in [0.2, 0.25) is 0 Å². The summed E-state index contributed by atoms with van der Waals surface area (Å²) in [5, 5.41) is 1.25. The van der Waals surface area contributed by atoms with Crippen molar-refractivity contribution in [1.29, 1.82) is 0 Å². The Kier molecular flexibility index (Phi) is 1.29. The summed E-state index contributed by atoms with van der Waals surface area (Å²) in [4.78, 5) is 9.35. The second kappa shape index (κ2) is 1.95. The first-order valence-corrected chi connectivity index (χ1v) is 1.96. The zero-order valence-electron chi connectivity index (χ0n) is 4.05.